The van der Waals surface area contributed by atoms with Crippen LogP contribution in [0.5, 0.6) is 0 Å². The maximum absolute atomic E-state index is 6.61. The number of furan rings is 2. The van der Waals surface area contributed by atoms with E-state index < -0.39 is 0 Å². The monoisotopic (exact) mass is 855 g/mol. The van der Waals surface area contributed by atoms with Gasteiger partial charge in [-0.1, -0.05) is 36.8 Å². The quantitative estimate of drug-likeness (QED) is 0.166. The molecule has 4 heterocycles. The summed E-state index contributed by atoms with van der Waals surface area (Å²) in [6.45, 7) is 14.7. The van der Waals surface area contributed by atoms with Gasteiger partial charge >= 0.3 is 0 Å². The maximum Gasteiger partial charge on any atom is 0.179 e. The van der Waals surface area contributed by atoms with E-state index in [-0.39, 0.29) is 20.1 Å². The second kappa shape index (κ2) is 14.0. The minimum Gasteiger partial charge on any atom is -0.452 e. The minimum atomic E-state index is 0. The van der Waals surface area contributed by atoms with Gasteiger partial charge < -0.3 is 18.8 Å². The van der Waals surface area contributed by atoms with E-state index >= 15 is 0 Å². The molecule has 0 aliphatic rings. The fourth-order valence-electron chi connectivity index (χ4n) is 7.04. The Morgan fingerprint density at radius 2 is 1.19 bits per heavy atom. The van der Waals surface area contributed by atoms with Gasteiger partial charge in [-0.3, -0.25) is 0 Å². The van der Waals surface area contributed by atoms with E-state index in [1.165, 1.54) is 27.8 Å². The van der Waals surface area contributed by atoms with Gasteiger partial charge in [0.15, 0.2) is 11.2 Å². The molecular weight excluding hydrogens is 817 g/mol. The minimum absolute atomic E-state index is 0. The molecule has 9 aromatic rings. The molecule has 52 heavy (non-hydrogen) atoms. The van der Waals surface area contributed by atoms with Crippen molar-refractivity contribution in [1.82, 2.24) is 9.97 Å². The summed E-state index contributed by atoms with van der Waals surface area (Å²) in [5.74, 6) is 0. The van der Waals surface area contributed by atoms with Crippen molar-refractivity contribution < 1.29 is 28.9 Å². The first-order valence-electron chi connectivity index (χ1n) is 17.3. The zero-order valence-corrected chi connectivity index (χ0v) is 32.8. The van der Waals surface area contributed by atoms with Crippen LogP contribution in [0.25, 0.3) is 77.5 Å². The summed E-state index contributed by atoms with van der Waals surface area (Å²) in [6, 6.07) is 38.0. The standard InChI is InChI=1S/C33H24NO2.C14H14N.Ir/c1-18-12-20(3)30-25(14-18)26-17-24(23-10-11-34-28(16-23)22-8-6-5-7-9-22)29-27-15-19(2)13-21(4)31(27)36-33(29)32(26)35-30;1-10-4-6-13(7-5-10)14-8-11(2)12(3)9-15-14;/h5-8,10-17H,1-4H3;4-6,8-9H,1-3H3;/q2*-1;. The summed E-state index contributed by atoms with van der Waals surface area (Å²) in [6.07, 6.45) is 3.79. The van der Waals surface area contributed by atoms with Crippen molar-refractivity contribution in [3.05, 3.63) is 154 Å². The van der Waals surface area contributed by atoms with Crippen LogP contribution in [0.15, 0.2) is 112 Å². The van der Waals surface area contributed by atoms with E-state index in [0.717, 1.165) is 88.6 Å². The Hall–Kier alpha value is -5.35. The van der Waals surface area contributed by atoms with Crippen LogP contribution in [0.2, 0.25) is 0 Å². The van der Waals surface area contributed by atoms with E-state index in [4.69, 9.17) is 8.83 Å². The summed E-state index contributed by atoms with van der Waals surface area (Å²) in [7, 11) is 0. The number of fused-ring (bicyclic) bond motifs is 7. The molecule has 4 nitrogen and oxygen atoms in total. The molecule has 4 aromatic heterocycles. The molecular formula is C47H38IrN2O2-2. The third kappa shape index (κ3) is 6.36. The summed E-state index contributed by atoms with van der Waals surface area (Å²) in [5.41, 5.74) is 17.9. The first kappa shape index (κ1) is 35.1. The first-order chi connectivity index (χ1) is 24.6. The average molecular weight is 855 g/mol. The fourth-order valence-corrected chi connectivity index (χ4v) is 7.04. The third-order valence-corrected chi connectivity index (χ3v) is 9.71. The normalized spacial score (nSPS) is 11.2. The van der Waals surface area contributed by atoms with Crippen LogP contribution in [0, 0.1) is 60.6 Å². The average Bonchev–Trinajstić information content (AvgIpc) is 3.70. The molecule has 1 radical (unpaired) electrons. The Morgan fingerprint density at radius 1 is 0.519 bits per heavy atom. The number of nitrogens with zero attached hydrogens (tertiary/aromatic N) is 2. The predicted molar refractivity (Wildman–Crippen MR) is 210 cm³/mol. The smallest absolute Gasteiger partial charge is 0.179 e. The van der Waals surface area contributed by atoms with Crippen molar-refractivity contribution in [2.75, 3.05) is 0 Å². The van der Waals surface area contributed by atoms with Crippen LogP contribution in [0.1, 0.15) is 38.9 Å². The second-order valence-electron chi connectivity index (χ2n) is 13.8. The maximum atomic E-state index is 6.61. The van der Waals surface area contributed by atoms with E-state index in [2.05, 4.69) is 131 Å². The summed E-state index contributed by atoms with van der Waals surface area (Å²) < 4.78 is 13.1. The van der Waals surface area contributed by atoms with Gasteiger partial charge in [-0.05, 0) is 116 Å². The van der Waals surface area contributed by atoms with Crippen LogP contribution < -0.4 is 0 Å². The largest absolute Gasteiger partial charge is 0.452 e. The molecule has 0 N–H and O–H groups in total. The Labute approximate surface area is 317 Å². The number of benzene rings is 5. The molecule has 0 unspecified atom stereocenters. The predicted octanol–water partition coefficient (Wildman–Crippen LogP) is 12.7. The van der Waals surface area contributed by atoms with E-state index in [1.54, 1.807) is 0 Å². The summed E-state index contributed by atoms with van der Waals surface area (Å²) >= 11 is 0. The Morgan fingerprint density at radius 3 is 1.88 bits per heavy atom. The van der Waals surface area contributed by atoms with E-state index in [1.807, 2.05) is 42.7 Å². The van der Waals surface area contributed by atoms with Crippen molar-refractivity contribution >= 4 is 43.9 Å². The topological polar surface area (TPSA) is 52.1 Å². The number of pyridine rings is 2. The number of aromatic nitrogens is 2. The Kier molecular flexibility index (Phi) is 9.44. The van der Waals surface area contributed by atoms with E-state index in [0.29, 0.717) is 0 Å². The molecule has 0 aliphatic carbocycles. The second-order valence-corrected chi connectivity index (χ2v) is 13.8. The summed E-state index contributed by atoms with van der Waals surface area (Å²) in [5, 5.41) is 4.37. The Bertz CT molecular complexity index is 2760. The molecule has 0 spiro atoms. The molecule has 0 saturated heterocycles. The van der Waals surface area contributed by atoms with E-state index in [9.17, 15) is 0 Å². The molecule has 9 rings (SSSR count). The van der Waals surface area contributed by atoms with Crippen molar-refractivity contribution in [3.8, 4) is 33.6 Å². The molecule has 259 valence electrons. The molecule has 0 bridgehead atoms. The Balaban J connectivity index is 0.000000222. The molecule has 0 aliphatic heterocycles. The van der Waals surface area contributed by atoms with Crippen molar-refractivity contribution in [2.45, 2.75) is 48.5 Å². The van der Waals surface area contributed by atoms with Crippen molar-refractivity contribution in [1.29, 1.82) is 0 Å². The first-order valence-corrected chi connectivity index (χ1v) is 17.3. The van der Waals surface area contributed by atoms with Gasteiger partial charge in [0.1, 0.15) is 11.2 Å². The molecule has 5 heteroatoms. The van der Waals surface area contributed by atoms with Gasteiger partial charge in [0.2, 0.25) is 0 Å². The van der Waals surface area contributed by atoms with Gasteiger partial charge in [0.05, 0.1) is 0 Å². The zero-order chi connectivity index (χ0) is 35.4. The van der Waals surface area contributed by atoms with Crippen molar-refractivity contribution in [2.24, 2.45) is 0 Å². The van der Waals surface area contributed by atoms with Crippen LogP contribution in [0.3, 0.4) is 0 Å². The molecule has 0 amide bonds. The zero-order valence-electron chi connectivity index (χ0n) is 30.4. The molecule has 0 atom stereocenters. The number of aryl methyl sites for hydroxylation is 7. The van der Waals surface area contributed by atoms with Crippen LogP contribution in [-0.2, 0) is 20.1 Å². The van der Waals surface area contributed by atoms with Crippen LogP contribution in [0.4, 0.5) is 0 Å². The third-order valence-electron chi connectivity index (χ3n) is 9.71. The molecule has 0 fully saturated rings. The van der Waals surface area contributed by atoms with Gasteiger partial charge in [0.25, 0.3) is 0 Å². The van der Waals surface area contributed by atoms with Gasteiger partial charge in [-0.25, -0.2) is 0 Å². The van der Waals surface area contributed by atoms with Gasteiger partial charge in [-0.2, -0.15) is 0 Å². The SMILES string of the molecule is Cc1c[c-]c(-c2cc(C)c(C)cn2)cc1.Cc1cc(C)c2oc3c(cc(-c4ccnc(-c5[c-]cccc5)c4)c4c5cc(C)cc(C)c5oc34)c2c1.[Ir]. The molecule has 0 saturated carbocycles. The van der Waals surface area contributed by atoms with Crippen LogP contribution >= 0.6 is 0 Å². The summed E-state index contributed by atoms with van der Waals surface area (Å²) in [4.78, 5) is 9.05. The fraction of sp³-hybridized carbons (Fsp3) is 0.149. The van der Waals surface area contributed by atoms with Gasteiger partial charge in [0, 0.05) is 54.0 Å². The number of rotatable bonds is 3. The van der Waals surface area contributed by atoms with Crippen molar-refractivity contribution in [3.63, 3.8) is 0 Å². The number of hydrogen-bond acceptors (Lipinski definition) is 4. The van der Waals surface area contributed by atoms with Gasteiger partial charge in [-0.15, -0.1) is 71.3 Å². The van der Waals surface area contributed by atoms with Crippen LogP contribution in [-0.4, -0.2) is 9.97 Å². The molecule has 5 aromatic carbocycles. The number of hydrogen-bond donors (Lipinski definition) is 0.